The zero-order chi connectivity index (χ0) is 17.6. The van der Waals surface area contributed by atoms with E-state index in [1.807, 2.05) is 0 Å². The lowest BCUT2D eigenvalue weighted by Gasteiger charge is -2.35. The van der Waals surface area contributed by atoms with Crippen molar-refractivity contribution in [2.75, 3.05) is 32.8 Å². The minimum atomic E-state index is 0.0756. The van der Waals surface area contributed by atoms with Crippen LogP contribution in [0.2, 0.25) is 0 Å². The highest BCUT2D eigenvalue weighted by Crippen LogP contribution is 2.25. The second kappa shape index (κ2) is 8.79. The second-order valence-corrected chi connectivity index (χ2v) is 7.45. The molecular weight excluding hydrogens is 314 g/mol. The van der Waals surface area contributed by atoms with Crippen LogP contribution in [0.5, 0.6) is 0 Å². The van der Waals surface area contributed by atoms with Crippen LogP contribution in [-0.2, 0) is 9.53 Å². The molecule has 0 radical (unpaired) electrons. The Morgan fingerprint density at radius 3 is 2.88 bits per heavy atom. The highest BCUT2D eigenvalue weighted by Gasteiger charge is 2.27. The van der Waals surface area contributed by atoms with E-state index in [0.717, 1.165) is 52.0 Å². The van der Waals surface area contributed by atoms with E-state index >= 15 is 0 Å². The highest BCUT2D eigenvalue weighted by atomic mass is 16.5. The fourth-order valence-electron chi connectivity index (χ4n) is 4.03. The molecule has 2 aliphatic rings. The summed E-state index contributed by atoms with van der Waals surface area (Å²) in [5.74, 6) is 0.243. The summed E-state index contributed by atoms with van der Waals surface area (Å²) in [6.07, 6.45) is 3.89. The Kier molecular flexibility index (Phi) is 6.45. The molecule has 1 aromatic carbocycles. The maximum Gasteiger partial charge on any atom is 0.223 e. The Bertz CT molecular complexity index is 572. The van der Waals surface area contributed by atoms with Gasteiger partial charge in [0.05, 0.1) is 19.3 Å². The zero-order valence-electron chi connectivity index (χ0n) is 15.2. The summed E-state index contributed by atoms with van der Waals surface area (Å²) >= 11 is 0. The van der Waals surface area contributed by atoms with E-state index in [9.17, 15) is 4.79 Å². The maximum atomic E-state index is 12.6. The molecule has 1 aliphatic heterocycles. The minimum Gasteiger partial charge on any atom is -0.379 e. The number of hydrogen-bond acceptors (Lipinski definition) is 4. The number of morpholine rings is 1. The molecule has 1 saturated heterocycles. The molecule has 3 unspecified atom stereocenters. The van der Waals surface area contributed by atoms with Gasteiger partial charge in [-0.1, -0.05) is 36.2 Å². The lowest BCUT2D eigenvalue weighted by Crippen LogP contribution is -2.45. The largest absolute Gasteiger partial charge is 0.379 e. The van der Waals surface area contributed by atoms with Gasteiger partial charge < -0.3 is 15.8 Å². The number of aryl methyl sites for hydroxylation is 1. The third kappa shape index (κ3) is 5.03. The molecule has 1 saturated carbocycles. The molecular formula is C20H31N3O2. The number of nitrogens with two attached hydrogens (primary N) is 1. The summed E-state index contributed by atoms with van der Waals surface area (Å²) in [6.45, 7) is 6.09. The fraction of sp³-hybridized carbons (Fsp3) is 0.650. The number of benzene rings is 1. The number of hydrogen-bond donors (Lipinski definition) is 2. The molecule has 3 rings (SSSR count). The Morgan fingerprint density at radius 2 is 2.16 bits per heavy atom. The molecule has 1 amide bonds. The van der Waals surface area contributed by atoms with Gasteiger partial charge in [0, 0.05) is 31.6 Å². The first-order valence-electron chi connectivity index (χ1n) is 9.55. The molecule has 1 aliphatic carbocycles. The van der Waals surface area contributed by atoms with Gasteiger partial charge in [0.2, 0.25) is 5.91 Å². The van der Waals surface area contributed by atoms with Gasteiger partial charge in [-0.05, 0) is 31.7 Å². The van der Waals surface area contributed by atoms with Gasteiger partial charge in [-0.2, -0.15) is 0 Å². The third-order valence-electron chi connectivity index (χ3n) is 5.47. The molecule has 1 aromatic rings. The second-order valence-electron chi connectivity index (χ2n) is 7.45. The van der Waals surface area contributed by atoms with Crippen LogP contribution in [0.3, 0.4) is 0 Å². The van der Waals surface area contributed by atoms with E-state index in [4.69, 9.17) is 10.5 Å². The van der Waals surface area contributed by atoms with Crippen molar-refractivity contribution < 1.29 is 9.53 Å². The van der Waals surface area contributed by atoms with Crippen LogP contribution in [-0.4, -0.2) is 49.7 Å². The van der Waals surface area contributed by atoms with E-state index in [0.29, 0.717) is 6.54 Å². The van der Waals surface area contributed by atoms with Gasteiger partial charge in [0.25, 0.3) is 0 Å². The standard InChI is InChI=1S/C20H31N3O2/c1-15-4-2-5-16(12-15)19(23-8-10-25-11-9-23)14-22-20(24)17-6-3-7-18(21)13-17/h2,4-5,12,17-19H,3,6-11,13-14,21H2,1H3,(H,22,24). The Morgan fingerprint density at radius 1 is 1.36 bits per heavy atom. The molecule has 1 heterocycles. The monoisotopic (exact) mass is 345 g/mol. The summed E-state index contributed by atoms with van der Waals surface area (Å²) in [4.78, 5) is 15.0. The molecule has 3 N–H and O–H groups in total. The predicted octanol–water partition coefficient (Wildman–Crippen LogP) is 2.00. The summed E-state index contributed by atoms with van der Waals surface area (Å²) in [7, 11) is 0. The van der Waals surface area contributed by atoms with Crippen LogP contribution in [0.1, 0.15) is 42.9 Å². The molecule has 138 valence electrons. The first-order valence-corrected chi connectivity index (χ1v) is 9.55. The van der Waals surface area contributed by atoms with Crippen LogP contribution in [0.15, 0.2) is 24.3 Å². The van der Waals surface area contributed by atoms with Crippen LogP contribution in [0.4, 0.5) is 0 Å². The lowest BCUT2D eigenvalue weighted by atomic mass is 9.85. The average Bonchev–Trinajstić information content (AvgIpc) is 2.63. The van der Waals surface area contributed by atoms with Crippen molar-refractivity contribution in [1.29, 1.82) is 0 Å². The Balaban J connectivity index is 1.66. The van der Waals surface area contributed by atoms with E-state index < -0.39 is 0 Å². The predicted molar refractivity (Wildman–Crippen MR) is 99.3 cm³/mol. The maximum absolute atomic E-state index is 12.6. The number of carbonyl (C=O) groups is 1. The summed E-state index contributed by atoms with van der Waals surface area (Å²) in [5, 5.41) is 3.21. The molecule has 5 heteroatoms. The molecule has 3 atom stereocenters. The van der Waals surface area contributed by atoms with E-state index in [1.165, 1.54) is 11.1 Å². The minimum absolute atomic E-state index is 0.0756. The van der Waals surface area contributed by atoms with Crippen molar-refractivity contribution in [3.8, 4) is 0 Å². The third-order valence-corrected chi connectivity index (χ3v) is 5.47. The zero-order valence-corrected chi connectivity index (χ0v) is 15.2. The molecule has 2 fully saturated rings. The highest BCUT2D eigenvalue weighted by molar-refractivity contribution is 5.78. The number of ether oxygens (including phenoxy) is 1. The van der Waals surface area contributed by atoms with Gasteiger partial charge in [-0.15, -0.1) is 0 Å². The molecule has 0 aromatic heterocycles. The van der Waals surface area contributed by atoms with E-state index in [1.54, 1.807) is 0 Å². The molecule has 0 bridgehead atoms. The van der Waals surface area contributed by atoms with E-state index in [-0.39, 0.29) is 23.9 Å². The average molecular weight is 345 g/mol. The van der Waals surface area contributed by atoms with Crippen molar-refractivity contribution in [1.82, 2.24) is 10.2 Å². The van der Waals surface area contributed by atoms with Crippen molar-refractivity contribution >= 4 is 5.91 Å². The smallest absolute Gasteiger partial charge is 0.223 e. The quantitative estimate of drug-likeness (QED) is 0.856. The molecule has 25 heavy (non-hydrogen) atoms. The van der Waals surface area contributed by atoms with Crippen molar-refractivity contribution in [3.63, 3.8) is 0 Å². The van der Waals surface area contributed by atoms with Crippen LogP contribution in [0, 0.1) is 12.8 Å². The van der Waals surface area contributed by atoms with Crippen molar-refractivity contribution in [3.05, 3.63) is 35.4 Å². The fourth-order valence-corrected chi connectivity index (χ4v) is 4.03. The van der Waals surface area contributed by atoms with Crippen LogP contribution < -0.4 is 11.1 Å². The number of carbonyl (C=O) groups excluding carboxylic acids is 1. The van der Waals surface area contributed by atoms with Gasteiger partial charge >= 0.3 is 0 Å². The first-order chi connectivity index (χ1) is 12.1. The van der Waals surface area contributed by atoms with Crippen molar-refractivity contribution in [2.45, 2.75) is 44.7 Å². The normalized spacial score (nSPS) is 26.2. The Labute approximate surface area is 150 Å². The number of nitrogens with one attached hydrogen (secondary N) is 1. The molecule has 0 spiro atoms. The number of amides is 1. The molecule has 5 nitrogen and oxygen atoms in total. The summed E-state index contributed by atoms with van der Waals surface area (Å²) in [6, 6.07) is 8.97. The Hall–Kier alpha value is -1.43. The van der Waals surface area contributed by atoms with Gasteiger partial charge in [-0.3, -0.25) is 9.69 Å². The topological polar surface area (TPSA) is 67.6 Å². The first kappa shape index (κ1) is 18.4. The van der Waals surface area contributed by atoms with Crippen LogP contribution in [0.25, 0.3) is 0 Å². The SMILES string of the molecule is Cc1cccc(C(CNC(=O)C2CCCC(N)C2)N2CCOCC2)c1. The van der Waals surface area contributed by atoms with E-state index in [2.05, 4.69) is 41.4 Å². The van der Waals surface area contributed by atoms with Crippen molar-refractivity contribution in [2.24, 2.45) is 11.7 Å². The summed E-state index contributed by atoms with van der Waals surface area (Å²) < 4.78 is 5.50. The van der Waals surface area contributed by atoms with Gasteiger partial charge in [-0.25, -0.2) is 0 Å². The van der Waals surface area contributed by atoms with Crippen LogP contribution >= 0.6 is 0 Å². The van der Waals surface area contributed by atoms with Gasteiger partial charge in [0.15, 0.2) is 0 Å². The summed E-state index contributed by atoms with van der Waals surface area (Å²) in [5.41, 5.74) is 8.56. The van der Waals surface area contributed by atoms with Gasteiger partial charge in [0.1, 0.15) is 0 Å². The lowest BCUT2D eigenvalue weighted by molar-refractivity contribution is -0.126. The number of rotatable bonds is 5. The number of nitrogens with zero attached hydrogens (tertiary/aromatic N) is 1.